The summed E-state index contributed by atoms with van der Waals surface area (Å²) in [5.41, 5.74) is 2.25. The Morgan fingerprint density at radius 1 is 1.23 bits per heavy atom. The van der Waals surface area contributed by atoms with Gasteiger partial charge in [-0.2, -0.15) is 0 Å². The van der Waals surface area contributed by atoms with Crippen molar-refractivity contribution in [2.45, 2.75) is 38.6 Å². The molecule has 1 fully saturated rings. The number of thiazole rings is 1. The number of hydrogen-bond acceptors (Lipinski definition) is 6. The van der Waals surface area contributed by atoms with E-state index in [0.717, 1.165) is 29.2 Å². The molecule has 156 valence electrons. The van der Waals surface area contributed by atoms with E-state index in [0.29, 0.717) is 30.2 Å². The van der Waals surface area contributed by atoms with E-state index < -0.39 is 0 Å². The van der Waals surface area contributed by atoms with Crippen molar-refractivity contribution in [3.63, 3.8) is 0 Å². The van der Waals surface area contributed by atoms with Gasteiger partial charge < -0.3 is 19.5 Å². The van der Waals surface area contributed by atoms with Crippen molar-refractivity contribution in [1.29, 1.82) is 0 Å². The number of carbonyl (C=O) groups is 1. The number of nitrogens with zero attached hydrogens (tertiary/aromatic N) is 2. The zero-order chi connectivity index (χ0) is 20.9. The minimum Gasteiger partial charge on any atom is -0.496 e. The lowest BCUT2D eigenvalue weighted by Crippen LogP contribution is -2.32. The molecule has 0 atom stereocenters. The standard InChI is InChI=1S/C23H24N2O4S/c1-28-21-8-3-2-7-20(21)23(27)25(18-9-10-18)12-16-5-4-6-19(11-16)29-14-22-24-17(13-26)15-30-22/h2-8,11,15,18,26H,9-10,12-14H2,1H3. The Labute approximate surface area is 179 Å². The minimum atomic E-state index is -0.0663. The first-order valence-corrected chi connectivity index (χ1v) is 10.8. The summed E-state index contributed by atoms with van der Waals surface area (Å²) in [4.78, 5) is 19.4. The monoisotopic (exact) mass is 424 g/mol. The summed E-state index contributed by atoms with van der Waals surface area (Å²) in [5.74, 6) is 1.31. The SMILES string of the molecule is COc1ccccc1C(=O)N(Cc1cccc(OCc2nc(CO)cs2)c1)C1CC1. The summed E-state index contributed by atoms with van der Waals surface area (Å²) >= 11 is 1.46. The molecule has 0 radical (unpaired) electrons. The van der Waals surface area contributed by atoms with Gasteiger partial charge in [0.25, 0.3) is 5.91 Å². The van der Waals surface area contributed by atoms with Crippen LogP contribution >= 0.6 is 11.3 Å². The second-order valence-electron chi connectivity index (χ2n) is 7.19. The third-order valence-electron chi connectivity index (χ3n) is 4.96. The van der Waals surface area contributed by atoms with Gasteiger partial charge in [0.05, 0.1) is 25.0 Å². The predicted molar refractivity (Wildman–Crippen MR) is 115 cm³/mol. The van der Waals surface area contributed by atoms with E-state index in [2.05, 4.69) is 4.98 Å². The van der Waals surface area contributed by atoms with Gasteiger partial charge in [0.1, 0.15) is 23.1 Å². The summed E-state index contributed by atoms with van der Waals surface area (Å²) in [6.45, 7) is 0.800. The van der Waals surface area contributed by atoms with E-state index in [1.54, 1.807) is 7.11 Å². The van der Waals surface area contributed by atoms with E-state index in [1.165, 1.54) is 11.3 Å². The largest absolute Gasteiger partial charge is 0.496 e. The van der Waals surface area contributed by atoms with E-state index in [4.69, 9.17) is 14.6 Å². The lowest BCUT2D eigenvalue weighted by Gasteiger charge is -2.24. The summed E-state index contributed by atoms with van der Waals surface area (Å²) in [5, 5.41) is 11.8. The van der Waals surface area contributed by atoms with Gasteiger partial charge in [-0.05, 0) is 42.7 Å². The molecule has 1 N–H and O–H groups in total. The highest BCUT2D eigenvalue weighted by Gasteiger charge is 2.34. The van der Waals surface area contributed by atoms with Crippen LogP contribution in [-0.4, -0.2) is 34.0 Å². The van der Waals surface area contributed by atoms with Crippen LogP contribution in [0.3, 0.4) is 0 Å². The number of rotatable bonds is 9. The average molecular weight is 425 g/mol. The van der Waals surface area contributed by atoms with Gasteiger partial charge in [-0.1, -0.05) is 24.3 Å². The molecule has 0 bridgehead atoms. The first-order valence-electron chi connectivity index (χ1n) is 9.88. The number of carbonyl (C=O) groups excluding carboxylic acids is 1. The summed E-state index contributed by atoms with van der Waals surface area (Å²) < 4.78 is 11.3. The Morgan fingerprint density at radius 3 is 2.80 bits per heavy atom. The van der Waals surface area contributed by atoms with E-state index in [1.807, 2.05) is 58.8 Å². The molecule has 0 unspecified atom stereocenters. The van der Waals surface area contributed by atoms with Crippen molar-refractivity contribution >= 4 is 17.2 Å². The van der Waals surface area contributed by atoms with Gasteiger partial charge in [0, 0.05) is 18.0 Å². The van der Waals surface area contributed by atoms with Crippen LogP contribution in [0.4, 0.5) is 0 Å². The Bertz CT molecular complexity index is 1020. The van der Waals surface area contributed by atoms with Crippen molar-refractivity contribution in [2.75, 3.05) is 7.11 Å². The molecule has 1 heterocycles. The third-order valence-corrected chi connectivity index (χ3v) is 5.83. The Balaban J connectivity index is 1.46. The number of aromatic nitrogens is 1. The highest BCUT2D eigenvalue weighted by atomic mass is 32.1. The Kier molecular flexibility index (Phi) is 6.30. The number of methoxy groups -OCH3 is 1. The van der Waals surface area contributed by atoms with Gasteiger partial charge >= 0.3 is 0 Å². The van der Waals surface area contributed by atoms with Gasteiger partial charge in [-0.3, -0.25) is 4.79 Å². The Hall–Kier alpha value is -2.90. The molecule has 7 heteroatoms. The molecule has 0 spiro atoms. The molecule has 4 rings (SSSR count). The molecular formula is C23H24N2O4S. The smallest absolute Gasteiger partial charge is 0.258 e. The van der Waals surface area contributed by atoms with Crippen LogP contribution in [-0.2, 0) is 19.8 Å². The second kappa shape index (κ2) is 9.28. The van der Waals surface area contributed by atoms with Crippen LogP contribution in [0.2, 0.25) is 0 Å². The highest BCUT2D eigenvalue weighted by molar-refractivity contribution is 7.09. The number of hydrogen-bond donors (Lipinski definition) is 1. The summed E-state index contributed by atoms with van der Waals surface area (Å²) in [6.07, 6.45) is 2.04. The fraction of sp³-hybridized carbons (Fsp3) is 0.304. The molecule has 1 amide bonds. The minimum absolute atomic E-state index is 0.0133. The fourth-order valence-corrected chi connectivity index (χ4v) is 3.99. The first-order chi connectivity index (χ1) is 14.7. The lowest BCUT2D eigenvalue weighted by atomic mass is 10.1. The average Bonchev–Trinajstić information content (AvgIpc) is 3.53. The van der Waals surface area contributed by atoms with Gasteiger partial charge in [-0.15, -0.1) is 11.3 Å². The van der Waals surface area contributed by atoms with E-state index >= 15 is 0 Å². The van der Waals surface area contributed by atoms with Crippen LogP contribution in [0.5, 0.6) is 11.5 Å². The summed E-state index contributed by atoms with van der Waals surface area (Å²) in [6, 6.07) is 15.4. The van der Waals surface area contributed by atoms with E-state index in [-0.39, 0.29) is 18.6 Å². The van der Waals surface area contributed by atoms with Gasteiger partial charge in [0.2, 0.25) is 0 Å². The maximum Gasteiger partial charge on any atom is 0.258 e. The molecule has 1 aliphatic rings. The van der Waals surface area contributed by atoms with Crippen molar-refractivity contribution in [1.82, 2.24) is 9.88 Å². The molecule has 1 aliphatic carbocycles. The van der Waals surface area contributed by atoms with Crippen LogP contribution in [0.25, 0.3) is 0 Å². The van der Waals surface area contributed by atoms with Crippen molar-refractivity contribution in [3.8, 4) is 11.5 Å². The highest BCUT2D eigenvalue weighted by Crippen LogP contribution is 2.32. The summed E-state index contributed by atoms with van der Waals surface area (Å²) in [7, 11) is 1.58. The number of aliphatic hydroxyl groups excluding tert-OH is 1. The normalized spacial score (nSPS) is 13.1. The zero-order valence-electron chi connectivity index (χ0n) is 16.8. The predicted octanol–water partition coefficient (Wildman–Crippen LogP) is 4.03. The molecule has 2 aromatic carbocycles. The zero-order valence-corrected chi connectivity index (χ0v) is 17.6. The van der Waals surface area contributed by atoms with Crippen LogP contribution < -0.4 is 9.47 Å². The quantitative estimate of drug-likeness (QED) is 0.562. The molecule has 1 saturated carbocycles. The van der Waals surface area contributed by atoms with Crippen LogP contribution in [0.1, 0.15) is 39.5 Å². The maximum absolute atomic E-state index is 13.2. The second-order valence-corrected chi connectivity index (χ2v) is 8.13. The molecule has 3 aromatic rings. The molecule has 1 aromatic heterocycles. The van der Waals surface area contributed by atoms with E-state index in [9.17, 15) is 4.79 Å². The van der Waals surface area contributed by atoms with Gasteiger partial charge in [0.15, 0.2) is 0 Å². The molecule has 0 saturated heterocycles. The van der Waals surface area contributed by atoms with Crippen molar-refractivity contribution in [3.05, 3.63) is 75.7 Å². The molecule has 0 aliphatic heterocycles. The molecule has 6 nitrogen and oxygen atoms in total. The number of para-hydroxylation sites is 1. The van der Waals surface area contributed by atoms with Gasteiger partial charge in [-0.25, -0.2) is 4.98 Å². The number of aliphatic hydroxyl groups is 1. The van der Waals surface area contributed by atoms with Crippen LogP contribution in [0, 0.1) is 0 Å². The number of ether oxygens (including phenoxy) is 2. The topological polar surface area (TPSA) is 71.9 Å². The fourth-order valence-electron chi connectivity index (χ4n) is 3.29. The van der Waals surface area contributed by atoms with Crippen LogP contribution in [0.15, 0.2) is 53.9 Å². The first kappa shape index (κ1) is 20.4. The maximum atomic E-state index is 13.2. The van der Waals surface area contributed by atoms with Crippen molar-refractivity contribution in [2.24, 2.45) is 0 Å². The number of benzene rings is 2. The Morgan fingerprint density at radius 2 is 2.07 bits per heavy atom. The lowest BCUT2D eigenvalue weighted by molar-refractivity contribution is 0.0726. The third kappa shape index (κ3) is 4.80. The molecule has 30 heavy (non-hydrogen) atoms. The van der Waals surface area contributed by atoms with Crippen molar-refractivity contribution < 1.29 is 19.4 Å². The molecular weight excluding hydrogens is 400 g/mol. The number of amides is 1.